The third-order valence-corrected chi connectivity index (χ3v) is 4.33. The number of unbranched alkanes of at least 4 members (excludes halogenated alkanes) is 1. The minimum absolute atomic E-state index is 0.315. The van der Waals surface area contributed by atoms with Crippen molar-refractivity contribution in [1.82, 2.24) is 0 Å². The van der Waals surface area contributed by atoms with Gasteiger partial charge < -0.3 is 14.4 Å². The van der Waals surface area contributed by atoms with Gasteiger partial charge in [-0.1, -0.05) is 6.92 Å². The van der Waals surface area contributed by atoms with Gasteiger partial charge in [-0.15, -0.1) is 0 Å². The summed E-state index contributed by atoms with van der Waals surface area (Å²) in [5.74, 6) is 1.38. The summed E-state index contributed by atoms with van der Waals surface area (Å²) < 4.78 is 10.4. The molecular formula is C18H28NO3+. The molecule has 1 aromatic rings. The molecule has 0 saturated carbocycles. The van der Waals surface area contributed by atoms with Crippen LogP contribution in [-0.2, 0) is 4.74 Å². The summed E-state index contributed by atoms with van der Waals surface area (Å²) in [5, 5.41) is 0. The molecule has 0 aromatic heterocycles. The van der Waals surface area contributed by atoms with Gasteiger partial charge in [-0.25, -0.2) is 4.79 Å². The van der Waals surface area contributed by atoms with Gasteiger partial charge in [0, 0.05) is 5.92 Å². The highest BCUT2D eigenvalue weighted by atomic mass is 16.5. The van der Waals surface area contributed by atoms with E-state index >= 15 is 0 Å². The summed E-state index contributed by atoms with van der Waals surface area (Å²) in [7, 11) is 1.39. The van der Waals surface area contributed by atoms with Crippen molar-refractivity contribution >= 4 is 5.97 Å². The summed E-state index contributed by atoms with van der Waals surface area (Å²) in [6.07, 6.45) is 5.06. The third kappa shape index (κ3) is 5.34. The number of carbonyl (C=O) groups excluding carboxylic acids is 1. The average Bonchev–Trinajstić information content (AvgIpc) is 2.54. The Balaban J connectivity index is 1.61. The number of piperidine rings is 1. The molecule has 1 aliphatic rings. The lowest BCUT2D eigenvalue weighted by atomic mass is 10.0. The molecule has 4 nitrogen and oxygen atoms in total. The van der Waals surface area contributed by atoms with Gasteiger partial charge >= 0.3 is 5.97 Å². The van der Waals surface area contributed by atoms with E-state index in [-0.39, 0.29) is 5.97 Å². The molecule has 0 spiro atoms. The summed E-state index contributed by atoms with van der Waals surface area (Å²) in [5.41, 5.74) is 0.553. The number of hydrogen-bond acceptors (Lipinski definition) is 3. The quantitative estimate of drug-likeness (QED) is 0.618. The van der Waals surface area contributed by atoms with E-state index in [9.17, 15) is 4.79 Å². The molecule has 22 heavy (non-hydrogen) atoms. The molecule has 4 heteroatoms. The average molecular weight is 306 g/mol. The molecule has 0 bridgehead atoms. The predicted octanol–water partition coefficient (Wildman–Crippen LogP) is 1.95. The first kappa shape index (κ1) is 16.8. The molecule has 1 heterocycles. The van der Waals surface area contributed by atoms with Crippen LogP contribution in [0.15, 0.2) is 24.3 Å². The van der Waals surface area contributed by atoms with Crippen molar-refractivity contribution in [2.45, 2.75) is 32.6 Å². The zero-order valence-electron chi connectivity index (χ0n) is 13.8. The predicted molar refractivity (Wildman–Crippen MR) is 86.5 cm³/mol. The first-order chi connectivity index (χ1) is 10.7. The Morgan fingerprint density at radius 1 is 1.27 bits per heavy atom. The number of hydrogen-bond donors (Lipinski definition) is 1. The Morgan fingerprint density at radius 3 is 2.73 bits per heavy atom. The number of esters is 1. The van der Waals surface area contributed by atoms with Crippen LogP contribution in [0.25, 0.3) is 0 Å². The van der Waals surface area contributed by atoms with Crippen molar-refractivity contribution in [2.24, 2.45) is 5.92 Å². The zero-order chi connectivity index (χ0) is 15.8. The van der Waals surface area contributed by atoms with E-state index in [0.29, 0.717) is 5.56 Å². The van der Waals surface area contributed by atoms with Crippen LogP contribution in [0.5, 0.6) is 5.75 Å². The number of likely N-dealkylation sites (tertiary alicyclic amines) is 1. The molecule has 2 atom stereocenters. The van der Waals surface area contributed by atoms with Crippen LogP contribution in [0.1, 0.15) is 43.0 Å². The van der Waals surface area contributed by atoms with Gasteiger partial charge in [0.05, 0.1) is 38.9 Å². The van der Waals surface area contributed by atoms with Crippen molar-refractivity contribution in [3.05, 3.63) is 29.8 Å². The largest absolute Gasteiger partial charge is 0.494 e. The van der Waals surface area contributed by atoms with Crippen molar-refractivity contribution < 1.29 is 19.2 Å². The van der Waals surface area contributed by atoms with Crippen molar-refractivity contribution in [3.63, 3.8) is 0 Å². The van der Waals surface area contributed by atoms with Crippen LogP contribution in [0.2, 0.25) is 0 Å². The van der Waals surface area contributed by atoms with Gasteiger partial charge in [0.25, 0.3) is 0 Å². The van der Waals surface area contributed by atoms with Crippen molar-refractivity contribution in [1.29, 1.82) is 0 Å². The SMILES string of the molecule is COC(=O)c1ccc(OCCCC[NH+]2CCC[C@H](C)C2)cc1. The van der Waals surface area contributed by atoms with Gasteiger partial charge in [0.15, 0.2) is 0 Å². The smallest absolute Gasteiger partial charge is 0.337 e. The molecule has 1 saturated heterocycles. The lowest BCUT2D eigenvalue weighted by Crippen LogP contribution is -3.13. The van der Waals surface area contributed by atoms with E-state index in [4.69, 9.17) is 4.74 Å². The summed E-state index contributed by atoms with van der Waals surface area (Å²) in [6.45, 7) is 7.02. The number of nitrogens with one attached hydrogen (secondary N) is 1. The fourth-order valence-corrected chi connectivity index (χ4v) is 3.10. The molecule has 1 fully saturated rings. The van der Waals surface area contributed by atoms with Crippen LogP contribution in [0.4, 0.5) is 0 Å². The van der Waals surface area contributed by atoms with E-state index in [1.54, 1.807) is 17.0 Å². The number of benzene rings is 1. The van der Waals surface area contributed by atoms with Crippen LogP contribution in [0, 0.1) is 5.92 Å². The molecule has 0 aliphatic carbocycles. The molecule has 0 radical (unpaired) electrons. The Morgan fingerprint density at radius 2 is 2.05 bits per heavy atom. The Hall–Kier alpha value is -1.55. The van der Waals surface area contributed by atoms with Crippen LogP contribution in [-0.4, -0.2) is 39.3 Å². The summed E-state index contributed by atoms with van der Waals surface area (Å²) in [4.78, 5) is 13.1. The van der Waals surface area contributed by atoms with E-state index in [1.807, 2.05) is 12.1 Å². The van der Waals surface area contributed by atoms with Gasteiger partial charge in [0.1, 0.15) is 5.75 Å². The lowest BCUT2D eigenvalue weighted by molar-refractivity contribution is -0.908. The Kier molecular flexibility index (Phi) is 6.72. The lowest BCUT2D eigenvalue weighted by Gasteiger charge is -2.27. The van der Waals surface area contributed by atoms with Gasteiger partial charge in [-0.05, 0) is 49.9 Å². The summed E-state index contributed by atoms with van der Waals surface area (Å²) in [6, 6.07) is 7.12. The zero-order valence-corrected chi connectivity index (χ0v) is 13.8. The molecule has 1 aliphatic heterocycles. The second-order valence-corrected chi connectivity index (χ2v) is 6.27. The normalized spacial score (nSPS) is 21.4. The van der Waals surface area contributed by atoms with E-state index < -0.39 is 0 Å². The number of quaternary nitrogens is 1. The van der Waals surface area contributed by atoms with Crippen LogP contribution in [0.3, 0.4) is 0 Å². The maximum absolute atomic E-state index is 11.3. The molecule has 122 valence electrons. The van der Waals surface area contributed by atoms with E-state index in [2.05, 4.69) is 11.7 Å². The minimum Gasteiger partial charge on any atom is -0.494 e. The second kappa shape index (κ2) is 8.79. The van der Waals surface area contributed by atoms with Crippen molar-refractivity contribution in [3.8, 4) is 5.75 Å². The number of ether oxygens (including phenoxy) is 2. The van der Waals surface area contributed by atoms with Gasteiger partial charge in [-0.3, -0.25) is 0 Å². The fraction of sp³-hybridized carbons (Fsp3) is 0.611. The highest BCUT2D eigenvalue weighted by Crippen LogP contribution is 2.13. The van der Waals surface area contributed by atoms with Gasteiger partial charge in [0.2, 0.25) is 0 Å². The van der Waals surface area contributed by atoms with E-state index in [0.717, 1.165) is 24.7 Å². The molecule has 1 aromatic carbocycles. The molecule has 1 unspecified atom stereocenters. The molecule has 1 N–H and O–H groups in total. The number of rotatable bonds is 7. The van der Waals surface area contributed by atoms with Crippen LogP contribution < -0.4 is 9.64 Å². The van der Waals surface area contributed by atoms with E-state index in [1.165, 1.54) is 46.0 Å². The Bertz CT molecular complexity index is 458. The first-order valence-electron chi connectivity index (χ1n) is 8.34. The standard InChI is InChI=1S/C18H27NO3/c1-15-6-5-12-19(14-15)11-3-4-13-22-17-9-7-16(8-10-17)18(20)21-2/h7-10,15H,3-6,11-14H2,1-2H3/p+1/t15-/m0/s1. The fourth-order valence-electron chi connectivity index (χ4n) is 3.10. The first-order valence-corrected chi connectivity index (χ1v) is 8.34. The molecule has 0 amide bonds. The molecular weight excluding hydrogens is 278 g/mol. The van der Waals surface area contributed by atoms with Crippen LogP contribution >= 0.6 is 0 Å². The minimum atomic E-state index is -0.315. The maximum Gasteiger partial charge on any atom is 0.337 e. The monoisotopic (exact) mass is 306 g/mol. The van der Waals surface area contributed by atoms with Crippen molar-refractivity contribution in [2.75, 3.05) is 33.4 Å². The number of carbonyl (C=O) groups is 1. The number of methoxy groups -OCH3 is 1. The third-order valence-electron chi connectivity index (χ3n) is 4.33. The van der Waals surface area contributed by atoms with Gasteiger partial charge in [-0.2, -0.15) is 0 Å². The highest BCUT2D eigenvalue weighted by molar-refractivity contribution is 5.89. The summed E-state index contributed by atoms with van der Waals surface area (Å²) >= 11 is 0. The molecule has 2 rings (SSSR count). The second-order valence-electron chi connectivity index (χ2n) is 6.27. The Labute approximate surface area is 133 Å². The maximum atomic E-state index is 11.3. The topological polar surface area (TPSA) is 40.0 Å². The highest BCUT2D eigenvalue weighted by Gasteiger charge is 2.18.